The smallest absolute Gasteiger partial charge is 0.416 e. The second kappa shape index (κ2) is 10.8. The van der Waals surface area contributed by atoms with Gasteiger partial charge in [-0.25, -0.2) is 14.2 Å². The van der Waals surface area contributed by atoms with Crippen LogP contribution in [-0.4, -0.2) is 40.3 Å². The molecule has 1 aromatic heterocycles. The predicted molar refractivity (Wildman–Crippen MR) is 125 cm³/mol. The van der Waals surface area contributed by atoms with E-state index in [-0.39, 0.29) is 38.1 Å². The Hall–Kier alpha value is -4.29. The first kappa shape index (κ1) is 25.3. The molecule has 0 unspecified atom stereocenters. The average Bonchev–Trinajstić information content (AvgIpc) is 2.81. The van der Waals surface area contributed by atoms with Crippen LogP contribution in [0, 0.1) is 0 Å². The van der Waals surface area contributed by atoms with E-state index in [0.717, 1.165) is 16.7 Å². The lowest BCUT2D eigenvalue weighted by atomic mass is 10.1. The lowest BCUT2D eigenvalue weighted by Crippen LogP contribution is -2.43. The van der Waals surface area contributed by atoms with Gasteiger partial charge in [-0.05, 0) is 35.4 Å². The van der Waals surface area contributed by atoms with Crippen LogP contribution >= 0.6 is 0 Å². The molecule has 0 saturated heterocycles. The molecule has 0 amide bonds. The van der Waals surface area contributed by atoms with Crippen molar-refractivity contribution in [3.8, 4) is 5.75 Å². The zero-order valence-corrected chi connectivity index (χ0v) is 18.7. The summed E-state index contributed by atoms with van der Waals surface area (Å²) < 4.78 is 45.9. The summed E-state index contributed by atoms with van der Waals surface area (Å²) in [6, 6.07) is 11.1. The number of guanidine groups is 1. The number of hydrogen-bond donors (Lipinski definition) is 3. The Morgan fingerprint density at radius 2 is 1.57 bits per heavy atom. The zero-order valence-electron chi connectivity index (χ0n) is 18.7. The van der Waals surface area contributed by atoms with E-state index in [0.29, 0.717) is 16.9 Å². The molecule has 0 bridgehead atoms. The van der Waals surface area contributed by atoms with Gasteiger partial charge in [0.15, 0.2) is 5.96 Å². The maximum absolute atomic E-state index is 13.3. The summed E-state index contributed by atoms with van der Waals surface area (Å²) in [4.78, 5) is 33.7. The van der Waals surface area contributed by atoms with Gasteiger partial charge in [0.05, 0.1) is 32.3 Å². The molecule has 0 fully saturated rings. The molecule has 10 nitrogen and oxygen atoms in total. The standard InChI is InChI=1S/C22H24F3N7O3/c1-35-17-8-4-15(5-9-17)13-32-20(33)30-19(29-11-10-28-18(26)27)31(21(32)34)12-14-2-6-16(7-3-14)22(23,24)25/h2-9H,10-13H2,1H3,(H4,26,27,28)(H,29,30,33). The van der Waals surface area contributed by atoms with E-state index in [4.69, 9.17) is 16.2 Å². The van der Waals surface area contributed by atoms with Crippen LogP contribution in [0.5, 0.6) is 5.75 Å². The number of hydrogen-bond acceptors (Lipinski definition) is 6. The van der Waals surface area contributed by atoms with Gasteiger partial charge in [-0.2, -0.15) is 18.2 Å². The van der Waals surface area contributed by atoms with E-state index in [2.05, 4.69) is 15.3 Å². The van der Waals surface area contributed by atoms with Crippen LogP contribution in [0.2, 0.25) is 0 Å². The van der Waals surface area contributed by atoms with Gasteiger partial charge in [0.2, 0.25) is 5.95 Å². The summed E-state index contributed by atoms with van der Waals surface area (Å²) in [5.41, 5.74) is 9.35. The molecule has 0 aliphatic heterocycles. The second-order valence-electron chi connectivity index (χ2n) is 7.45. The summed E-state index contributed by atoms with van der Waals surface area (Å²) in [6.45, 7) is 0.111. The molecule has 1 heterocycles. The fourth-order valence-corrected chi connectivity index (χ4v) is 3.19. The van der Waals surface area contributed by atoms with E-state index in [1.165, 1.54) is 23.8 Å². The van der Waals surface area contributed by atoms with Gasteiger partial charge in [-0.1, -0.05) is 24.3 Å². The quantitative estimate of drug-likeness (QED) is 0.232. The van der Waals surface area contributed by atoms with Gasteiger partial charge in [-0.3, -0.25) is 9.56 Å². The number of ether oxygens (including phenoxy) is 1. The van der Waals surface area contributed by atoms with Gasteiger partial charge >= 0.3 is 17.6 Å². The van der Waals surface area contributed by atoms with E-state index in [1.54, 1.807) is 24.3 Å². The van der Waals surface area contributed by atoms with E-state index >= 15 is 0 Å². The highest BCUT2D eigenvalue weighted by molar-refractivity contribution is 5.75. The van der Waals surface area contributed by atoms with Crippen molar-refractivity contribution in [1.82, 2.24) is 14.1 Å². The lowest BCUT2D eigenvalue weighted by Gasteiger charge is -2.16. The summed E-state index contributed by atoms with van der Waals surface area (Å²) in [5.74, 6) is 0.424. The van der Waals surface area contributed by atoms with Crippen LogP contribution < -0.4 is 32.9 Å². The van der Waals surface area contributed by atoms with E-state index < -0.39 is 23.1 Å². The molecular weight excluding hydrogens is 467 g/mol. The zero-order chi connectivity index (χ0) is 25.6. The van der Waals surface area contributed by atoms with Crippen LogP contribution in [-0.2, 0) is 19.3 Å². The molecule has 0 aliphatic rings. The van der Waals surface area contributed by atoms with Gasteiger partial charge < -0.3 is 21.5 Å². The number of aliphatic imine (C=N–C) groups is 1. The highest BCUT2D eigenvalue weighted by atomic mass is 19.4. The third kappa shape index (κ3) is 6.62. The van der Waals surface area contributed by atoms with E-state index in [1.807, 2.05) is 0 Å². The summed E-state index contributed by atoms with van der Waals surface area (Å²) in [6.07, 6.45) is -4.49. The highest BCUT2D eigenvalue weighted by Gasteiger charge is 2.30. The number of anilines is 1. The first-order chi connectivity index (χ1) is 16.6. The molecule has 186 valence electrons. The Morgan fingerprint density at radius 3 is 2.11 bits per heavy atom. The van der Waals surface area contributed by atoms with Gasteiger partial charge in [-0.15, -0.1) is 0 Å². The monoisotopic (exact) mass is 491 g/mol. The Bertz CT molecular complexity index is 1290. The molecule has 13 heteroatoms. The molecule has 0 radical (unpaired) electrons. The maximum atomic E-state index is 13.3. The number of nitrogens with two attached hydrogens (primary N) is 2. The number of aromatic nitrogens is 3. The number of nitrogens with zero attached hydrogens (tertiary/aromatic N) is 4. The largest absolute Gasteiger partial charge is 0.497 e. The predicted octanol–water partition coefficient (Wildman–Crippen LogP) is 1.21. The number of methoxy groups -OCH3 is 1. The Kier molecular flexibility index (Phi) is 7.79. The van der Waals surface area contributed by atoms with Crippen LogP contribution in [0.15, 0.2) is 63.1 Å². The fraction of sp³-hybridized carbons (Fsp3) is 0.273. The number of rotatable bonds is 9. The normalized spacial score (nSPS) is 11.2. The number of nitrogens with one attached hydrogen (secondary N) is 1. The minimum atomic E-state index is -4.49. The Labute approximate surface area is 197 Å². The molecule has 0 aliphatic carbocycles. The molecular formula is C22H24F3N7O3. The summed E-state index contributed by atoms with van der Waals surface area (Å²) in [5, 5.41) is 2.84. The van der Waals surface area contributed by atoms with Crippen LogP contribution in [0.3, 0.4) is 0 Å². The molecule has 0 saturated carbocycles. The van der Waals surface area contributed by atoms with Gasteiger partial charge in [0, 0.05) is 6.54 Å². The van der Waals surface area contributed by atoms with Crippen molar-refractivity contribution in [1.29, 1.82) is 0 Å². The van der Waals surface area contributed by atoms with Crippen LogP contribution in [0.25, 0.3) is 0 Å². The summed E-state index contributed by atoms with van der Waals surface area (Å²) >= 11 is 0. The van der Waals surface area contributed by atoms with Gasteiger partial charge in [0.1, 0.15) is 5.75 Å². The minimum absolute atomic E-state index is 0.0586. The van der Waals surface area contributed by atoms with Crippen molar-refractivity contribution >= 4 is 11.9 Å². The third-order valence-electron chi connectivity index (χ3n) is 4.96. The fourth-order valence-electron chi connectivity index (χ4n) is 3.19. The summed E-state index contributed by atoms with van der Waals surface area (Å²) in [7, 11) is 1.52. The van der Waals surface area contributed by atoms with Crippen molar-refractivity contribution in [2.45, 2.75) is 19.3 Å². The molecule has 5 N–H and O–H groups in total. The maximum Gasteiger partial charge on any atom is 0.416 e. The van der Waals surface area contributed by atoms with Crippen molar-refractivity contribution in [3.63, 3.8) is 0 Å². The van der Waals surface area contributed by atoms with Gasteiger partial charge in [0.25, 0.3) is 0 Å². The number of benzene rings is 2. The third-order valence-corrected chi connectivity index (χ3v) is 4.96. The SMILES string of the molecule is COc1ccc(Cn2c(=O)nc(NCCN=C(N)N)n(Cc3ccc(C(F)(F)F)cc3)c2=O)cc1. The van der Waals surface area contributed by atoms with Crippen LogP contribution in [0.4, 0.5) is 19.1 Å². The van der Waals surface area contributed by atoms with Crippen molar-refractivity contribution in [2.75, 3.05) is 25.5 Å². The minimum Gasteiger partial charge on any atom is -0.497 e. The van der Waals surface area contributed by atoms with E-state index in [9.17, 15) is 22.8 Å². The topological polar surface area (TPSA) is 143 Å². The Balaban J connectivity index is 1.97. The molecule has 35 heavy (non-hydrogen) atoms. The molecule has 3 rings (SSSR count). The van der Waals surface area contributed by atoms with Crippen molar-refractivity contribution < 1.29 is 17.9 Å². The molecule has 0 atom stereocenters. The second-order valence-corrected chi connectivity index (χ2v) is 7.45. The average molecular weight is 491 g/mol. The van der Waals surface area contributed by atoms with Crippen LogP contribution in [0.1, 0.15) is 16.7 Å². The number of alkyl halides is 3. The highest BCUT2D eigenvalue weighted by Crippen LogP contribution is 2.29. The molecule has 0 spiro atoms. The van der Waals surface area contributed by atoms with Crippen molar-refractivity contribution in [2.24, 2.45) is 16.5 Å². The Morgan fingerprint density at radius 1 is 1.00 bits per heavy atom. The lowest BCUT2D eigenvalue weighted by molar-refractivity contribution is -0.137. The molecule has 3 aromatic rings. The number of halogens is 3. The first-order valence-electron chi connectivity index (χ1n) is 10.4. The van der Waals surface area contributed by atoms with Crippen molar-refractivity contribution in [3.05, 3.63) is 86.2 Å². The molecule has 2 aromatic carbocycles. The first-order valence-corrected chi connectivity index (χ1v) is 10.4.